The number of benzene rings is 1. The maximum Gasteiger partial charge on any atom is 0.146 e. The Balaban J connectivity index is 2.02. The van der Waals surface area contributed by atoms with E-state index in [1.807, 2.05) is 19.1 Å². The fourth-order valence-electron chi connectivity index (χ4n) is 2.95. The summed E-state index contributed by atoms with van der Waals surface area (Å²) >= 11 is 0. The SMILES string of the molecule is COCCN[C@@H](C)c1ccc(N2CCC[C@H](C)C2)c(F)c1. The number of methoxy groups -OCH3 is 1. The summed E-state index contributed by atoms with van der Waals surface area (Å²) in [7, 11) is 1.68. The number of piperidine rings is 1. The molecular formula is C17H27FN2O. The Morgan fingerprint density at radius 1 is 1.48 bits per heavy atom. The minimum absolute atomic E-state index is 0.109. The van der Waals surface area contributed by atoms with Gasteiger partial charge in [-0.05, 0) is 43.4 Å². The van der Waals surface area contributed by atoms with Crippen molar-refractivity contribution in [2.24, 2.45) is 5.92 Å². The summed E-state index contributed by atoms with van der Waals surface area (Å²) in [6.45, 7) is 7.63. The maximum atomic E-state index is 14.4. The Bertz CT molecular complexity index is 452. The van der Waals surface area contributed by atoms with Crippen molar-refractivity contribution in [3.05, 3.63) is 29.6 Å². The zero-order valence-electron chi connectivity index (χ0n) is 13.4. The predicted molar refractivity (Wildman–Crippen MR) is 85.3 cm³/mol. The molecule has 21 heavy (non-hydrogen) atoms. The molecule has 2 atom stereocenters. The van der Waals surface area contributed by atoms with Gasteiger partial charge in [-0.25, -0.2) is 4.39 Å². The first-order valence-electron chi connectivity index (χ1n) is 7.88. The smallest absolute Gasteiger partial charge is 0.146 e. The molecule has 3 nitrogen and oxygen atoms in total. The predicted octanol–water partition coefficient (Wildman–Crippen LogP) is 3.36. The summed E-state index contributed by atoms with van der Waals surface area (Å²) in [6, 6.07) is 5.75. The number of rotatable bonds is 6. The maximum absolute atomic E-state index is 14.4. The molecule has 0 amide bonds. The number of hydrogen-bond acceptors (Lipinski definition) is 3. The summed E-state index contributed by atoms with van der Waals surface area (Å²) in [6.07, 6.45) is 2.40. The van der Waals surface area contributed by atoms with E-state index in [9.17, 15) is 4.39 Å². The molecule has 0 aliphatic carbocycles. The molecule has 0 radical (unpaired) electrons. The lowest BCUT2D eigenvalue weighted by Crippen LogP contribution is -2.34. The van der Waals surface area contributed by atoms with Gasteiger partial charge in [0.15, 0.2) is 0 Å². The van der Waals surface area contributed by atoms with Gasteiger partial charge in [-0.15, -0.1) is 0 Å². The van der Waals surface area contributed by atoms with Crippen molar-refractivity contribution in [1.82, 2.24) is 5.32 Å². The van der Waals surface area contributed by atoms with Crippen LogP contribution >= 0.6 is 0 Å². The van der Waals surface area contributed by atoms with Crippen molar-refractivity contribution < 1.29 is 9.13 Å². The van der Waals surface area contributed by atoms with Crippen molar-refractivity contribution in [3.8, 4) is 0 Å². The van der Waals surface area contributed by atoms with E-state index in [2.05, 4.69) is 17.1 Å². The van der Waals surface area contributed by atoms with Crippen molar-refractivity contribution in [3.63, 3.8) is 0 Å². The first-order valence-corrected chi connectivity index (χ1v) is 7.88. The van der Waals surface area contributed by atoms with Crippen LogP contribution < -0.4 is 10.2 Å². The molecule has 1 fully saturated rings. The summed E-state index contributed by atoms with van der Waals surface area (Å²) in [4.78, 5) is 2.18. The summed E-state index contributed by atoms with van der Waals surface area (Å²) < 4.78 is 19.4. The number of hydrogen-bond donors (Lipinski definition) is 1. The number of anilines is 1. The highest BCUT2D eigenvalue weighted by Gasteiger charge is 2.19. The molecule has 4 heteroatoms. The van der Waals surface area contributed by atoms with Crippen molar-refractivity contribution in [2.75, 3.05) is 38.3 Å². The van der Waals surface area contributed by atoms with Crippen molar-refractivity contribution in [2.45, 2.75) is 32.7 Å². The van der Waals surface area contributed by atoms with Crippen molar-refractivity contribution in [1.29, 1.82) is 0 Å². The summed E-state index contributed by atoms with van der Waals surface area (Å²) in [5.74, 6) is 0.537. The zero-order valence-corrected chi connectivity index (χ0v) is 13.4. The average Bonchev–Trinajstić information content (AvgIpc) is 2.47. The van der Waals surface area contributed by atoms with Crippen LogP contribution in [0.5, 0.6) is 0 Å². The number of nitrogens with one attached hydrogen (secondary N) is 1. The summed E-state index contributed by atoms with van der Waals surface area (Å²) in [5.41, 5.74) is 1.73. The van der Waals surface area contributed by atoms with Crippen molar-refractivity contribution >= 4 is 5.69 Å². The van der Waals surface area contributed by atoms with Gasteiger partial charge in [0, 0.05) is 32.8 Å². The van der Waals surface area contributed by atoms with Crippen LogP contribution in [0.25, 0.3) is 0 Å². The Hall–Kier alpha value is -1.13. The van der Waals surface area contributed by atoms with Crippen LogP contribution in [0.1, 0.15) is 38.3 Å². The van der Waals surface area contributed by atoms with Crippen LogP contribution in [0.4, 0.5) is 10.1 Å². The van der Waals surface area contributed by atoms with E-state index in [-0.39, 0.29) is 11.9 Å². The van der Waals surface area contributed by atoms with Gasteiger partial charge in [-0.2, -0.15) is 0 Å². The molecule has 1 aromatic rings. The number of halogens is 1. The quantitative estimate of drug-likeness (QED) is 0.814. The third-order valence-corrected chi connectivity index (χ3v) is 4.23. The average molecular weight is 294 g/mol. The second-order valence-corrected chi connectivity index (χ2v) is 6.07. The van der Waals surface area contributed by atoms with E-state index in [4.69, 9.17) is 4.74 Å². The second-order valence-electron chi connectivity index (χ2n) is 6.07. The number of nitrogens with zero attached hydrogens (tertiary/aromatic N) is 1. The third kappa shape index (κ3) is 4.42. The highest BCUT2D eigenvalue weighted by molar-refractivity contribution is 5.50. The highest BCUT2D eigenvalue weighted by atomic mass is 19.1. The topological polar surface area (TPSA) is 24.5 Å². The fourth-order valence-corrected chi connectivity index (χ4v) is 2.95. The van der Waals surface area contributed by atoms with Gasteiger partial charge < -0.3 is 15.0 Å². The van der Waals surface area contributed by atoms with E-state index in [1.165, 1.54) is 6.42 Å². The normalized spacial score (nSPS) is 20.6. The lowest BCUT2D eigenvalue weighted by atomic mass is 9.99. The standard InChI is InChI=1S/C17H27FN2O/c1-13-5-4-9-20(12-13)17-7-6-15(11-16(17)18)14(2)19-8-10-21-3/h6-7,11,13-14,19H,4-5,8-10,12H2,1-3H3/t13-,14-/m0/s1. The molecule has 0 bridgehead atoms. The molecule has 1 aliphatic heterocycles. The van der Waals surface area contributed by atoms with Crippen LogP contribution in [-0.4, -0.2) is 33.4 Å². The first kappa shape index (κ1) is 16.2. The molecule has 2 rings (SSSR count). The Kier molecular flexibility index (Phi) is 6.00. The first-order chi connectivity index (χ1) is 10.1. The van der Waals surface area contributed by atoms with E-state index >= 15 is 0 Å². The van der Waals surface area contributed by atoms with Gasteiger partial charge in [0.25, 0.3) is 0 Å². The van der Waals surface area contributed by atoms with Gasteiger partial charge in [0.05, 0.1) is 12.3 Å². The lowest BCUT2D eigenvalue weighted by Gasteiger charge is -2.33. The minimum Gasteiger partial charge on any atom is -0.383 e. The minimum atomic E-state index is -0.109. The molecule has 1 N–H and O–H groups in total. The van der Waals surface area contributed by atoms with Gasteiger partial charge in [0.1, 0.15) is 5.82 Å². The largest absolute Gasteiger partial charge is 0.383 e. The second kappa shape index (κ2) is 7.76. The van der Waals surface area contributed by atoms with Gasteiger partial charge in [-0.3, -0.25) is 0 Å². The summed E-state index contributed by atoms with van der Waals surface area (Å²) in [5, 5.41) is 3.33. The Labute approximate surface area is 127 Å². The van der Waals surface area contributed by atoms with Crippen LogP contribution in [0, 0.1) is 11.7 Å². The molecular weight excluding hydrogens is 267 g/mol. The number of ether oxygens (including phenoxy) is 1. The molecule has 0 unspecified atom stereocenters. The molecule has 1 heterocycles. The lowest BCUT2D eigenvalue weighted by molar-refractivity contribution is 0.196. The fraction of sp³-hybridized carbons (Fsp3) is 0.647. The van der Waals surface area contributed by atoms with Gasteiger partial charge >= 0.3 is 0 Å². The zero-order chi connectivity index (χ0) is 15.2. The third-order valence-electron chi connectivity index (χ3n) is 4.23. The molecule has 1 aromatic carbocycles. The van der Waals surface area contributed by atoms with E-state index < -0.39 is 0 Å². The molecule has 118 valence electrons. The molecule has 0 spiro atoms. The molecule has 0 aromatic heterocycles. The molecule has 1 aliphatic rings. The van der Waals surface area contributed by atoms with Gasteiger partial charge in [-0.1, -0.05) is 13.0 Å². The van der Waals surface area contributed by atoms with Crippen LogP contribution in [0.3, 0.4) is 0 Å². The van der Waals surface area contributed by atoms with Crippen LogP contribution in [0.2, 0.25) is 0 Å². The van der Waals surface area contributed by atoms with Crippen LogP contribution in [0.15, 0.2) is 18.2 Å². The van der Waals surface area contributed by atoms with E-state index in [1.54, 1.807) is 13.2 Å². The molecule has 0 saturated carbocycles. The molecule has 1 saturated heterocycles. The Morgan fingerprint density at radius 2 is 2.29 bits per heavy atom. The highest BCUT2D eigenvalue weighted by Crippen LogP contribution is 2.27. The Morgan fingerprint density at radius 3 is 2.95 bits per heavy atom. The monoisotopic (exact) mass is 294 g/mol. The van der Waals surface area contributed by atoms with E-state index in [0.717, 1.165) is 37.3 Å². The van der Waals surface area contributed by atoms with E-state index in [0.29, 0.717) is 12.5 Å². The van der Waals surface area contributed by atoms with Gasteiger partial charge in [0.2, 0.25) is 0 Å². The van der Waals surface area contributed by atoms with Crippen LogP contribution in [-0.2, 0) is 4.74 Å².